The van der Waals surface area contributed by atoms with Gasteiger partial charge in [-0.05, 0) is 49.6 Å². The second-order valence-electron chi connectivity index (χ2n) is 7.14. The quantitative estimate of drug-likeness (QED) is 0.296. The summed E-state index contributed by atoms with van der Waals surface area (Å²) in [4.78, 5) is 17.1. The van der Waals surface area contributed by atoms with Gasteiger partial charge in [0, 0.05) is 18.2 Å². The molecule has 6 nitrogen and oxygen atoms in total. The van der Waals surface area contributed by atoms with E-state index < -0.39 is 0 Å². The molecule has 1 fully saturated rings. The molecule has 1 aromatic carbocycles. The fourth-order valence-electron chi connectivity index (χ4n) is 3.42. The first-order valence-electron chi connectivity index (χ1n) is 10.2. The molecule has 0 saturated heterocycles. The number of aliphatic imine (C=N–C) groups is 1. The van der Waals surface area contributed by atoms with Crippen molar-refractivity contribution in [2.75, 3.05) is 6.54 Å². The minimum absolute atomic E-state index is 0. The summed E-state index contributed by atoms with van der Waals surface area (Å²) in [7, 11) is 0. The summed E-state index contributed by atoms with van der Waals surface area (Å²) in [5.74, 6) is 1.47. The molecule has 0 atom stereocenters. The average molecular weight is 510 g/mol. The molecule has 3 N–H and O–H groups in total. The number of carbonyl (C=O) groups excluding carboxylic acids is 1. The van der Waals surface area contributed by atoms with Gasteiger partial charge in [0.25, 0.3) is 5.91 Å². The SMILES string of the molecule is CCNC(=NCc1cccc(C(=O)NCc2ccco2)c1)NC1CCCCC1.I. The van der Waals surface area contributed by atoms with E-state index >= 15 is 0 Å². The van der Waals surface area contributed by atoms with Gasteiger partial charge in [-0.1, -0.05) is 31.4 Å². The number of furan rings is 1. The van der Waals surface area contributed by atoms with Crippen molar-refractivity contribution in [1.29, 1.82) is 0 Å². The van der Waals surface area contributed by atoms with E-state index in [9.17, 15) is 4.79 Å². The van der Waals surface area contributed by atoms with Crippen molar-refractivity contribution in [3.63, 3.8) is 0 Å². The summed E-state index contributed by atoms with van der Waals surface area (Å²) in [5.41, 5.74) is 1.64. The molecule has 3 rings (SSSR count). The second-order valence-corrected chi connectivity index (χ2v) is 7.14. The highest BCUT2D eigenvalue weighted by Gasteiger charge is 2.14. The summed E-state index contributed by atoms with van der Waals surface area (Å²) >= 11 is 0. The van der Waals surface area contributed by atoms with Crippen LogP contribution in [0.3, 0.4) is 0 Å². The van der Waals surface area contributed by atoms with Crippen LogP contribution in [0.1, 0.15) is 60.7 Å². The predicted molar refractivity (Wildman–Crippen MR) is 127 cm³/mol. The number of carbonyl (C=O) groups is 1. The maximum Gasteiger partial charge on any atom is 0.251 e. The van der Waals surface area contributed by atoms with Crippen molar-refractivity contribution in [3.05, 3.63) is 59.5 Å². The van der Waals surface area contributed by atoms with Crippen LogP contribution in [0.15, 0.2) is 52.1 Å². The zero-order chi connectivity index (χ0) is 19.6. The van der Waals surface area contributed by atoms with E-state index in [1.165, 1.54) is 32.1 Å². The average Bonchev–Trinajstić information content (AvgIpc) is 3.25. The Labute approximate surface area is 190 Å². The standard InChI is InChI=1S/C22H30N4O2.HI/c1-2-23-22(26-19-10-4-3-5-11-19)25-15-17-8-6-9-18(14-17)21(27)24-16-20-12-7-13-28-20;/h6-9,12-14,19H,2-5,10-11,15-16H2,1H3,(H,24,27)(H2,23,25,26);1H. The third-order valence-electron chi connectivity index (χ3n) is 4.90. The van der Waals surface area contributed by atoms with Crippen molar-refractivity contribution in [2.24, 2.45) is 4.99 Å². The van der Waals surface area contributed by atoms with Gasteiger partial charge in [0.1, 0.15) is 5.76 Å². The molecule has 0 radical (unpaired) electrons. The van der Waals surface area contributed by atoms with Crippen molar-refractivity contribution in [3.8, 4) is 0 Å². The number of hydrogen-bond donors (Lipinski definition) is 3. The molecule has 7 heteroatoms. The zero-order valence-electron chi connectivity index (χ0n) is 16.9. The van der Waals surface area contributed by atoms with Crippen LogP contribution >= 0.6 is 24.0 Å². The van der Waals surface area contributed by atoms with Gasteiger partial charge in [0.2, 0.25) is 0 Å². The summed E-state index contributed by atoms with van der Waals surface area (Å²) < 4.78 is 5.25. The summed E-state index contributed by atoms with van der Waals surface area (Å²) in [6, 6.07) is 11.8. The van der Waals surface area contributed by atoms with Crippen molar-refractivity contribution in [1.82, 2.24) is 16.0 Å². The highest BCUT2D eigenvalue weighted by atomic mass is 127. The molecule has 1 aromatic heterocycles. The highest BCUT2D eigenvalue weighted by molar-refractivity contribution is 14.0. The number of halogens is 1. The van der Waals surface area contributed by atoms with Gasteiger partial charge in [-0.3, -0.25) is 4.79 Å². The molecule has 1 saturated carbocycles. The number of benzene rings is 1. The van der Waals surface area contributed by atoms with Crippen LogP contribution in [0.25, 0.3) is 0 Å². The Bertz CT molecular complexity index is 771. The van der Waals surface area contributed by atoms with Gasteiger partial charge in [0.15, 0.2) is 5.96 Å². The molecule has 1 heterocycles. The molecule has 158 valence electrons. The van der Waals surface area contributed by atoms with Crippen LogP contribution in [-0.4, -0.2) is 24.5 Å². The summed E-state index contributed by atoms with van der Waals surface area (Å²) in [6.45, 7) is 3.81. The number of guanidine groups is 1. The lowest BCUT2D eigenvalue weighted by atomic mass is 9.96. The number of nitrogens with zero attached hydrogens (tertiary/aromatic N) is 1. The van der Waals surface area contributed by atoms with Gasteiger partial charge in [-0.25, -0.2) is 4.99 Å². The van der Waals surface area contributed by atoms with E-state index in [-0.39, 0.29) is 29.9 Å². The lowest BCUT2D eigenvalue weighted by Crippen LogP contribution is -2.44. The molecular formula is C22H31IN4O2. The van der Waals surface area contributed by atoms with E-state index in [1.807, 2.05) is 36.4 Å². The zero-order valence-corrected chi connectivity index (χ0v) is 19.3. The third-order valence-corrected chi connectivity index (χ3v) is 4.90. The Morgan fingerprint density at radius 3 is 2.69 bits per heavy atom. The molecule has 0 unspecified atom stereocenters. The van der Waals surface area contributed by atoms with Crippen molar-refractivity contribution in [2.45, 2.75) is 58.2 Å². The lowest BCUT2D eigenvalue weighted by Gasteiger charge is -2.24. The van der Waals surface area contributed by atoms with E-state index in [4.69, 9.17) is 9.41 Å². The molecule has 0 spiro atoms. The first-order chi connectivity index (χ1) is 13.7. The number of hydrogen-bond acceptors (Lipinski definition) is 3. The molecule has 1 aliphatic carbocycles. The minimum Gasteiger partial charge on any atom is -0.467 e. The Morgan fingerprint density at radius 1 is 1.14 bits per heavy atom. The van der Waals surface area contributed by atoms with Crippen LogP contribution in [0.4, 0.5) is 0 Å². The highest BCUT2D eigenvalue weighted by Crippen LogP contribution is 2.17. The first-order valence-corrected chi connectivity index (χ1v) is 10.2. The maximum atomic E-state index is 12.4. The predicted octanol–water partition coefficient (Wildman–Crippen LogP) is 4.22. The topological polar surface area (TPSA) is 78.7 Å². The van der Waals surface area contributed by atoms with E-state index in [1.54, 1.807) is 6.26 Å². The summed E-state index contributed by atoms with van der Waals surface area (Å²) in [6.07, 6.45) is 7.91. The van der Waals surface area contributed by atoms with Crippen LogP contribution in [0, 0.1) is 0 Å². The maximum absolute atomic E-state index is 12.4. The second kappa shape index (κ2) is 12.5. The molecule has 0 aliphatic heterocycles. The van der Waals surface area contributed by atoms with Crippen molar-refractivity contribution >= 4 is 35.8 Å². The van der Waals surface area contributed by atoms with E-state index in [2.05, 4.69) is 22.9 Å². The molecule has 1 amide bonds. The summed E-state index contributed by atoms with van der Waals surface area (Å²) in [5, 5.41) is 9.75. The van der Waals surface area contributed by atoms with Crippen LogP contribution < -0.4 is 16.0 Å². The van der Waals surface area contributed by atoms with Crippen molar-refractivity contribution < 1.29 is 9.21 Å². The van der Waals surface area contributed by atoms with Gasteiger partial charge in [-0.15, -0.1) is 24.0 Å². The van der Waals surface area contributed by atoms with Crippen LogP contribution in [0.5, 0.6) is 0 Å². The van der Waals surface area contributed by atoms with Crippen LogP contribution in [0.2, 0.25) is 0 Å². The minimum atomic E-state index is -0.116. The monoisotopic (exact) mass is 510 g/mol. The Morgan fingerprint density at radius 2 is 1.97 bits per heavy atom. The Kier molecular flexibility index (Phi) is 10.0. The van der Waals surface area contributed by atoms with Gasteiger partial charge in [-0.2, -0.15) is 0 Å². The smallest absolute Gasteiger partial charge is 0.251 e. The Hall–Kier alpha value is -2.03. The fraction of sp³-hybridized carbons (Fsp3) is 0.455. The number of nitrogens with one attached hydrogen (secondary N) is 3. The fourth-order valence-corrected chi connectivity index (χ4v) is 3.42. The van der Waals surface area contributed by atoms with E-state index in [0.717, 1.165) is 23.8 Å². The molecular weight excluding hydrogens is 479 g/mol. The Balaban J connectivity index is 0.00000300. The third kappa shape index (κ3) is 7.72. The van der Waals surface area contributed by atoms with E-state index in [0.29, 0.717) is 24.7 Å². The number of rotatable bonds is 7. The molecule has 1 aliphatic rings. The first kappa shape index (κ1) is 23.3. The number of amides is 1. The van der Waals surface area contributed by atoms with Gasteiger partial charge >= 0.3 is 0 Å². The molecule has 0 bridgehead atoms. The molecule has 29 heavy (non-hydrogen) atoms. The van der Waals surface area contributed by atoms with Gasteiger partial charge < -0.3 is 20.4 Å². The lowest BCUT2D eigenvalue weighted by molar-refractivity contribution is 0.0948. The van der Waals surface area contributed by atoms with Crippen LogP contribution in [-0.2, 0) is 13.1 Å². The largest absolute Gasteiger partial charge is 0.467 e. The normalized spacial score (nSPS) is 14.7. The molecule has 2 aromatic rings. The van der Waals surface area contributed by atoms with Gasteiger partial charge in [0.05, 0.1) is 19.4 Å².